The predicted molar refractivity (Wildman–Crippen MR) is 92.0 cm³/mol. The van der Waals surface area contributed by atoms with Gasteiger partial charge in [-0.2, -0.15) is 0 Å². The van der Waals surface area contributed by atoms with Gasteiger partial charge in [0.05, 0.1) is 13.7 Å². The number of hydrogen-bond acceptors (Lipinski definition) is 4. The number of carbonyl (C=O) groups is 1. The molecule has 1 amide bonds. The number of amides is 1. The predicted octanol–water partition coefficient (Wildman–Crippen LogP) is 1.73. The van der Waals surface area contributed by atoms with Crippen LogP contribution in [-0.4, -0.2) is 56.7 Å². The van der Waals surface area contributed by atoms with Crippen molar-refractivity contribution in [2.75, 3.05) is 44.7 Å². The van der Waals surface area contributed by atoms with Gasteiger partial charge < -0.3 is 15.0 Å². The molecule has 2 fully saturated rings. The van der Waals surface area contributed by atoms with E-state index in [1.165, 1.54) is 18.5 Å². The molecule has 1 heterocycles. The molecule has 5 heteroatoms. The molecule has 1 atom stereocenters. The van der Waals surface area contributed by atoms with Crippen molar-refractivity contribution in [2.24, 2.45) is 5.92 Å². The largest absolute Gasteiger partial charge is 0.497 e. The molecule has 2 aliphatic rings. The van der Waals surface area contributed by atoms with E-state index in [0.29, 0.717) is 18.5 Å². The number of carbonyl (C=O) groups excluding carboxylic acids is 1. The fourth-order valence-electron chi connectivity index (χ4n) is 3.19. The van der Waals surface area contributed by atoms with Gasteiger partial charge in [0.15, 0.2) is 0 Å². The smallest absolute Gasteiger partial charge is 0.234 e. The highest BCUT2D eigenvalue weighted by Crippen LogP contribution is 2.32. The van der Waals surface area contributed by atoms with Gasteiger partial charge in [-0.05, 0) is 37.8 Å². The maximum atomic E-state index is 12.1. The number of rotatable bonds is 6. The summed E-state index contributed by atoms with van der Waals surface area (Å²) in [4.78, 5) is 16.7. The minimum Gasteiger partial charge on any atom is -0.497 e. The molecule has 1 aromatic rings. The van der Waals surface area contributed by atoms with Gasteiger partial charge in [-0.3, -0.25) is 9.69 Å². The molecule has 5 nitrogen and oxygen atoms in total. The Bertz CT molecular complexity index is 537. The summed E-state index contributed by atoms with van der Waals surface area (Å²) in [6, 6.07) is 8.50. The van der Waals surface area contributed by atoms with Gasteiger partial charge >= 0.3 is 0 Å². The second-order valence-electron chi connectivity index (χ2n) is 6.66. The first-order chi connectivity index (χ1) is 11.2. The van der Waals surface area contributed by atoms with Crippen molar-refractivity contribution < 1.29 is 9.53 Å². The molecule has 0 unspecified atom stereocenters. The summed E-state index contributed by atoms with van der Waals surface area (Å²) >= 11 is 0. The lowest BCUT2D eigenvalue weighted by Gasteiger charge is -2.36. The van der Waals surface area contributed by atoms with Crippen molar-refractivity contribution in [1.82, 2.24) is 10.2 Å². The first-order valence-electron chi connectivity index (χ1n) is 8.56. The standard InChI is InChI=1S/C18H27N3O2/c1-14(15-6-7-15)19-18(22)13-20-8-10-21(11-9-20)16-4-3-5-17(12-16)23-2/h3-5,12,14-15H,6-11,13H2,1-2H3,(H,19,22)/t14-/m0/s1. The number of nitrogens with one attached hydrogen (secondary N) is 1. The van der Waals surface area contributed by atoms with E-state index in [4.69, 9.17) is 4.74 Å². The normalized spacial score (nSPS) is 20.2. The van der Waals surface area contributed by atoms with Crippen molar-refractivity contribution in [3.8, 4) is 5.75 Å². The Morgan fingerprint density at radius 1 is 1.30 bits per heavy atom. The van der Waals surface area contributed by atoms with Gasteiger partial charge in [-0.15, -0.1) is 0 Å². The zero-order chi connectivity index (χ0) is 16.2. The summed E-state index contributed by atoms with van der Waals surface area (Å²) in [5.74, 6) is 1.77. The number of piperazine rings is 1. The summed E-state index contributed by atoms with van der Waals surface area (Å²) in [5.41, 5.74) is 1.19. The molecule has 1 N–H and O–H groups in total. The molecule has 1 saturated heterocycles. The maximum absolute atomic E-state index is 12.1. The third kappa shape index (κ3) is 4.38. The quantitative estimate of drug-likeness (QED) is 0.868. The maximum Gasteiger partial charge on any atom is 0.234 e. The van der Waals surface area contributed by atoms with Crippen LogP contribution in [0.1, 0.15) is 19.8 Å². The average molecular weight is 317 g/mol. The van der Waals surface area contributed by atoms with Gasteiger partial charge in [0, 0.05) is 44.0 Å². The van der Waals surface area contributed by atoms with E-state index < -0.39 is 0 Å². The van der Waals surface area contributed by atoms with Gasteiger partial charge in [0.2, 0.25) is 5.91 Å². The second-order valence-corrected chi connectivity index (χ2v) is 6.66. The molecule has 126 valence electrons. The Morgan fingerprint density at radius 2 is 2.04 bits per heavy atom. The summed E-state index contributed by atoms with van der Waals surface area (Å²) in [5, 5.41) is 3.14. The summed E-state index contributed by atoms with van der Waals surface area (Å²) in [7, 11) is 1.69. The van der Waals surface area contributed by atoms with Crippen molar-refractivity contribution in [1.29, 1.82) is 0 Å². The van der Waals surface area contributed by atoms with Gasteiger partial charge in [0.25, 0.3) is 0 Å². The summed E-state index contributed by atoms with van der Waals surface area (Å²) in [6.45, 7) is 6.36. The van der Waals surface area contributed by atoms with Gasteiger partial charge in [0.1, 0.15) is 5.75 Å². The van der Waals surface area contributed by atoms with Crippen LogP contribution in [0, 0.1) is 5.92 Å². The molecule has 0 bridgehead atoms. The first-order valence-corrected chi connectivity index (χ1v) is 8.56. The molecule has 1 saturated carbocycles. The summed E-state index contributed by atoms with van der Waals surface area (Å²) < 4.78 is 5.29. The average Bonchev–Trinajstić information content (AvgIpc) is 3.40. The van der Waals surface area contributed by atoms with Crippen LogP contribution in [0.3, 0.4) is 0 Å². The monoisotopic (exact) mass is 317 g/mol. The van der Waals surface area contributed by atoms with Crippen LogP contribution in [0.2, 0.25) is 0 Å². The fraction of sp³-hybridized carbons (Fsp3) is 0.611. The molecule has 1 aliphatic carbocycles. The minimum absolute atomic E-state index is 0.166. The Morgan fingerprint density at radius 3 is 2.70 bits per heavy atom. The molecule has 23 heavy (non-hydrogen) atoms. The lowest BCUT2D eigenvalue weighted by molar-refractivity contribution is -0.123. The SMILES string of the molecule is COc1cccc(N2CCN(CC(=O)N[C@@H](C)C3CC3)CC2)c1. The number of benzene rings is 1. The number of anilines is 1. The minimum atomic E-state index is 0.166. The Kier molecular flexibility index (Phi) is 5.06. The fourth-order valence-corrected chi connectivity index (χ4v) is 3.19. The van der Waals surface area contributed by atoms with E-state index in [-0.39, 0.29) is 5.91 Å². The summed E-state index contributed by atoms with van der Waals surface area (Å²) in [6.07, 6.45) is 2.53. The lowest BCUT2D eigenvalue weighted by atomic mass is 10.2. The first kappa shape index (κ1) is 16.1. The number of methoxy groups -OCH3 is 1. The highest BCUT2D eigenvalue weighted by atomic mass is 16.5. The van der Waals surface area contributed by atoms with Crippen LogP contribution in [0.15, 0.2) is 24.3 Å². The van der Waals surface area contributed by atoms with Crippen LogP contribution in [0.5, 0.6) is 5.75 Å². The van der Waals surface area contributed by atoms with Crippen molar-refractivity contribution in [2.45, 2.75) is 25.8 Å². The number of nitrogens with zero attached hydrogens (tertiary/aromatic N) is 2. The lowest BCUT2D eigenvalue weighted by Crippen LogP contribution is -2.50. The number of hydrogen-bond donors (Lipinski definition) is 1. The third-order valence-electron chi connectivity index (χ3n) is 4.88. The molecule has 1 aromatic carbocycles. The van der Waals surface area contributed by atoms with Crippen LogP contribution in [0.25, 0.3) is 0 Å². The van der Waals surface area contributed by atoms with Gasteiger partial charge in [-0.1, -0.05) is 6.07 Å². The van der Waals surface area contributed by atoms with Crippen LogP contribution in [0.4, 0.5) is 5.69 Å². The highest BCUT2D eigenvalue weighted by molar-refractivity contribution is 5.78. The van der Waals surface area contributed by atoms with E-state index in [1.54, 1.807) is 7.11 Å². The van der Waals surface area contributed by atoms with Crippen molar-refractivity contribution in [3.05, 3.63) is 24.3 Å². The molecule has 1 aliphatic heterocycles. The van der Waals surface area contributed by atoms with Crippen molar-refractivity contribution >= 4 is 11.6 Å². The number of ether oxygens (including phenoxy) is 1. The van der Waals surface area contributed by atoms with Crippen LogP contribution < -0.4 is 15.0 Å². The molecule has 0 aromatic heterocycles. The zero-order valence-corrected chi connectivity index (χ0v) is 14.1. The van der Waals surface area contributed by atoms with Crippen LogP contribution >= 0.6 is 0 Å². The van der Waals surface area contributed by atoms with Crippen molar-refractivity contribution in [3.63, 3.8) is 0 Å². The molecule has 3 rings (SSSR count). The highest BCUT2D eigenvalue weighted by Gasteiger charge is 2.29. The third-order valence-corrected chi connectivity index (χ3v) is 4.88. The molecular weight excluding hydrogens is 290 g/mol. The van der Waals surface area contributed by atoms with E-state index in [0.717, 1.165) is 31.9 Å². The van der Waals surface area contributed by atoms with E-state index >= 15 is 0 Å². The van der Waals surface area contributed by atoms with E-state index in [9.17, 15) is 4.79 Å². The van der Waals surface area contributed by atoms with Crippen LogP contribution in [-0.2, 0) is 4.79 Å². The van der Waals surface area contributed by atoms with Gasteiger partial charge in [-0.25, -0.2) is 0 Å². The zero-order valence-electron chi connectivity index (χ0n) is 14.1. The Labute approximate surface area is 138 Å². The Hall–Kier alpha value is -1.75. The molecule has 0 spiro atoms. The topological polar surface area (TPSA) is 44.8 Å². The van der Waals surface area contributed by atoms with E-state index in [1.807, 2.05) is 12.1 Å². The second kappa shape index (κ2) is 7.21. The Balaban J connectivity index is 1.45. The molecular formula is C18H27N3O2. The van der Waals surface area contributed by atoms with E-state index in [2.05, 4.69) is 34.2 Å². The molecule has 0 radical (unpaired) electrons.